The van der Waals surface area contributed by atoms with Crippen LogP contribution in [0.15, 0.2) is 24.3 Å². The largest absolute Gasteiger partial charge is 0.394 e. The summed E-state index contributed by atoms with van der Waals surface area (Å²) in [6, 6.07) is -1.15. The predicted molar refractivity (Wildman–Crippen MR) is 134 cm³/mol. The fourth-order valence-corrected chi connectivity index (χ4v) is 8.21. The first-order valence-electron chi connectivity index (χ1n) is 12.8. The molecule has 1 unspecified atom stereocenters. The Labute approximate surface area is 207 Å². The molecule has 2 saturated heterocycles. The molecule has 0 saturated carbocycles. The number of amides is 3. The van der Waals surface area contributed by atoms with Crippen LogP contribution in [0.3, 0.4) is 0 Å². The molecule has 0 aromatic rings. The molecule has 0 aromatic heterocycles. The zero-order chi connectivity index (χ0) is 24.6. The van der Waals surface area contributed by atoms with Gasteiger partial charge in [-0.05, 0) is 18.8 Å². The quantitative estimate of drug-likeness (QED) is 0.418. The molecule has 0 aromatic carbocycles. The summed E-state index contributed by atoms with van der Waals surface area (Å²) in [6.07, 6.45) is 11.8. The topological polar surface area (TPSA) is 81.2 Å². The van der Waals surface area contributed by atoms with Crippen molar-refractivity contribution in [3.63, 3.8) is 0 Å². The van der Waals surface area contributed by atoms with Gasteiger partial charge in [0.05, 0.1) is 29.2 Å². The van der Waals surface area contributed by atoms with E-state index in [1.54, 1.807) is 28.6 Å². The van der Waals surface area contributed by atoms with E-state index in [1.165, 1.54) is 0 Å². The molecule has 4 rings (SSSR count). The molecule has 2 fully saturated rings. The Bertz CT molecular complexity index is 874. The van der Waals surface area contributed by atoms with E-state index in [2.05, 4.69) is 32.9 Å². The lowest BCUT2D eigenvalue weighted by atomic mass is 9.78. The van der Waals surface area contributed by atoms with Crippen LogP contribution < -0.4 is 0 Å². The number of likely N-dealkylation sites (tertiary alicyclic amines) is 1. The number of thioether (sulfide) groups is 1. The van der Waals surface area contributed by atoms with Crippen molar-refractivity contribution < 1.29 is 19.5 Å². The molecule has 4 aliphatic heterocycles. The zero-order valence-electron chi connectivity index (χ0n) is 20.9. The summed E-state index contributed by atoms with van der Waals surface area (Å²) >= 11 is 1.60. The van der Waals surface area contributed by atoms with Crippen molar-refractivity contribution in [3.8, 4) is 0 Å². The third-order valence-electron chi connectivity index (χ3n) is 7.76. The van der Waals surface area contributed by atoms with Crippen LogP contribution in [-0.2, 0) is 14.4 Å². The molecular formula is C26H39N3O4S. The van der Waals surface area contributed by atoms with E-state index in [1.807, 2.05) is 17.1 Å². The van der Waals surface area contributed by atoms with Crippen LogP contribution >= 0.6 is 11.8 Å². The summed E-state index contributed by atoms with van der Waals surface area (Å²) in [6.45, 7) is 7.77. The van der Waals surface area contributed by atoms with Gasteiger partial charge in [0.1, 0.15) is 6.04 Å². The number of likely N-dealkylation sites (N-methyl/N-ethyl adjacent to an activating group) is 1. The fraction of sp³-hybridized carbons (Fsp3) is 0.731. The summed E-state index contributed by atoms with van der Waals surface area (Å²) in [5.41, 5.74) is 0. The number of carbonyl (C=O) groups excluding carboxylic acids is 3. The van der Waals surface area contributed by atoms with Crippen molar-refractivity contribution in [2.45, 2.75) is 68.5 Å². The van der Waals surface area contributed by atoms with Crippen LogP contribution in [0.4, 0.5) is 0 Å². The number of hydrogen-bond donors (Lipinski definition) is 1. The van der Waals surface area contributed by atoms with Gasteiger partial charge in [0.2, 0.25) is 17.7 Å². The maximum absolute atomic E-state index is 14.2. The first-order chi connectivity index (χ1) is 16.3. The van der Waals surface area contributed by atoms with Crippen molar-refractivity contribution >= 4 is 29.5 Å². The molecule has 1 spiro atoms. The highest BCUT2D eigenvalue weighted by molar-refractivity contribution is 8.02. The summed E-state index contributed by atoms with van der Waals surface area (Å²) in [7, 11) is 1.78. The fourth-order valence-electron chi connectivity index (χ4n) is 6.22. The Morgan fingerprint density at radius 2 is 1.88 bits per heavy atom. The Kier molecular flexibility index (Phi) is 7.48. The lowest BCUT2D eigenvalue weighted by molar-refractivity contribution is -0.147. The van der Waals surface area contributed by atoms with E-state index in [0.29, 0.717) is 26.1 Å². The smallest absolute Gasteiger partial charge is 0.247 e. The minimum absolute atomic E-state index is 0.0346. The lowest BCUT2D eigenvalue weighted by Crippen LogP contribution is -2.56. The SMILES string of the molecule is CCCCCN1CC=C[C@]23S[C@H]4C=CCN(C)C(=O)[C@H]4[C@H]2C(=O)N([C@@H](CO)CC(C)C)C3C1=O. The van der Waals surface area contributed by atoms with E-state index in [0.717, 1.165) is 19.3 Å². The second-order valence-electron chi connectivity index (χ2n) is 10.6. The number of aliphatic hydroxyl groups is 1. The van der Waals surface area contributed by atoms with Crippen LogP contribution in [0.1, 0.15) is 46.5 Å². The summed E-state index contributed by atoms with van der Waals surface area (Å²) in [5, 5.41) is 10.2. The zero-order valence-corrected chi connectivity index (χ0v) is 21.7. The molecular weight excluding hydrogens is 450 g/mol. The second kappa shape index (κ2) is 10.1. The standard InChI is InChI=1S/C26H39N3O4S/c1-5-6-7-13-28-14-9-11-26-21(20-19(34-26)10-8-12-27(4)23(20)31)24(32)29(22(26)25(28)33)18(16-30)15-17(2)3/h8-11,17-22,30H,5-7,12-16H2,1-4H3/t18-,19+,20-,21+,22?,26+/m1/s1. The number of unbranched alkanes of at least 4 members (excludes halogenated alkanes) is 2. The highest BCUT2D eigenvalue weighted by Gasteiger charge is 2.71. The molecule has 7 nitrogen and oxygen atoms in total. The maximum atomic E-state index is 14.2. The number of aliphatic hydroxyl groups excluding tert-OH is 1. The number of rotatable bonds is 8. The molecule has 4 aliphatic rings. The van der Waals surface area contributed by atoms with Gasteiger partial charge in [-0.25, -0.2) is 0 Å². The van der Waals surface area contributed by atoms with Crippen molar-refractivity contribution in [1.29, 1.82) is 0 Å². The van der Waals surface area contributed by atoms with Gasteiger partial charge in [-0.3, -0.25) is 14.4 Å². The highest BCUT2D eigenvalue weighted by atomic mass is 32.2. The average Bonchev–Trinajstić information content (AvgIpc) is 3.13. The maximum Gasteiger partial charge on any atom is 0.247 e. The van der Waals surface area contributed by atoms with E-state index in [9.17, 15) is 19.5 Å². The molecule has 0 bridgehead atoms. The minimum atomic E-state index is -0.800. The van der Waals surface area contributed by atoms with E-state index < -0.39 is 28.7 Å². The summed E-state index contributed by atoms with van der Waals surface area (Å²) in [5.74, 6) is -1.10. The van der Waals surface area contributed by atoms with Gasteiger partial charge in [0.25, 0.3) is 0 Å². The van der Waals surface area contributed by atoms with Crippen LogP contribution in [-0.4, -0.2) is 92.9 Å². The Morgan fingerprint density at radius 3 is 2.56 bits per heavy atom. The lowest BCUT2D eigenvalue weighted by Gasteiger charge is -2.39. The van der Waals surface area contributed by atoms with Gasteiger partial charge >= 0.3 is 0 Å². The van der Waals surface area contributed by atoms with Crippen molar-refractivity contribution in [3.05, 3.63) is 24.3 Å². The van der Waals surface area contributed by atoms with Crippen molar-refractivity contribution in [1.82, 2.24) is 14.7 Å². The molecule has 0 aliphatic carbocycles. The van der Waals surface area contributed by atoms with Crippen molar-refractivity contribution in [2.75, 3.05) is 33.3 Å². The highest BCUT2D eigenvalue weighted by Crippen LogP contribution is 2.61. The third kappa shape index (κ3) is 4.11. The normalized spacial score (nSPS) is 33.8. The first-order valence-corrected chi connectivity index (χ1v) is 13.6. The molecule has 188 valence electrons. The van der Waals surface area contributed by atoms with Gasteiger partial charge in [0, 0.05) is 31.9 Å². The van der Waals surface area contributed by atoms with Gasteiger partial charge < -0.3 is 19.8 Å². The molecule has 8 heteroatoms. The third-order valence-corrected chi connectivity index (χ3v) is 9.50. The van der Waals surface area contributed by atoms with Crippen molar-refractivity contribution in [2.24, 2.45) is 17.8 Å². The van der Waals surface area contributed by atoms with Crippen LogP contribution in [0.25, 0.3) is 0 Å². The molecule has 4 heterocycles. The van der Waals surface area contributed by atoms with Gasteiger partial charge in [-0.15, -0.1) is 11.8 Å². The Morgan fingerprint density at radius 1 is 1.12 bits per heavy atom. The Balaban J connectivity index is 1.80. The second-order valence-corrected chi connectivity index (χ2v) is 12.1. The van der Waals surface area contributed by atoms with E-state index in [4.69, 9.17) is 0 Å². The van der Waals surface area contributed by atoms with E-state index >= 15 is 0 Å². The summed E-state index contributed by atoms with van der Waals surface area (Å²) in [4.78, 5) is 47.0. The van der Waals surface area contributed by atoms with Crippen LogP contribution in [0.2, 0.25) is 0 Å². The predicted octanol–water partition coefficient (Wildman–Crippen LogP) is 2.31. The van der Waals surface area contributed by atoms with Gasteiger partial charge in [0.15, 0.2) is 0 Å². The van der Waals surface area contributed by atoms with Gasteiger partial charge in [-0.2, -0.15) is 0 Å². The molecule has 34 heavy (non-hydrogen) atoms. The van der Waals surface area contributed by atoms with E-state index in [-0.39, 0.29) is 35.5 Å². The molecule has 0 radical (unpaired) electrons. The average molecular weight is 490 g/mol. The molecule has 1 N–H and O–H groups in total. The molecule has 3 amide bonds. The van der Waals surface area contributed by atoms with Crippen LogP contribution in [0, 0.1) is 17.8 Å². The number of hydrogen-bond acceptors (Lipinski definition) is 5. The van der Waals surface area contributed by atoms with Gasteiger partial charge in [-0.1, -0.05) is 57.9 Å². The summed E-state index contributed by atoms with van der Waals surface area (Å²) < 4.78 is -0.800. The number of carbonyl (C=O) groups is 3. The van der Waals surface area contributed by atoms with Crippen LogP contribution in [0.5, 0.6) is 0 Å². The first kappa shape index (κ1) is 25.3. The number of nitrogens with zero attached hydrogens (tertiary/aromatic N) is 3. The minimum Gasteiger partial charge on any atom is -0.394 e. The molecule has 6 atom stereocenters. The number of fused-ring (bicyclic) bond motifs is 2. The monoisotopic (exact) mass is 489 g/mol. The Hall–Kier alpha value is -1.80.